The molecule has 1 atom stereocenters. The third-order valence-corrected chi connectivity index (χ3v) is 5.25. The van der Waals surface area contributed by atoms with Crippen molar-refractivity contribution >= 4 is 51.6 Å². The first-order valence-corrected chi connectivity index (χ1v) is 9.80. The van der Waals surface area contributed by atoms with Gasteiger partial charge in [-0.05, 0) is 44.2 Å². The first kappa shape index (κ1) is 20.6. The Labute approximate surface area is 177 Å². The van der Waals surface area contributed by atoms with E-state index in [0.29, 0.717) is 27.4 Å². The number of benzene rings is 2. The summed E-state index contributed by atoms with van der Waals surface area (Å²) < 4.78 is 1.50. The van der Waals surface area contributed by atoms with Crippen molar-refractivity contribution in [1.82, 2.24) is 14.5 Å². The van der Waals surface area contributed by atoms with Gasteiger partial charge in [0.2, 0.25) is 0 Å². The summed E-state index contributed by atoms with van der Waals surface area (Å²) in [7, 11) is 1.57. The molecule has 146 valence electrons. The molecule has 2 aromatic carbocycles. The van der Waals surface area contributed by atoms with Crippen molar-refractivity contribution in [1.29, 1.82) is 0 Å². The van der Waals surface area contributed by atoms with E-state index in [1.165, 1.54) is 9.47 Å². The Bertz CT molecular complexity index is 1090. The van der Waals surface area contributed by atoms with Crippen molar-refractivity contribution in [3.05, 3.63) is 69.2 Å². The van der Waals surface area contributed by atoms with E-state index >= 15 is 0 Å². The maximum Gasteiger partial charge on any atom is 0.266 e. The largest absolute Gasteiger partial charge is 0.333 e. The lowest BCUT2D eigenvalue weighted by Gasteiger charge is -2.27. The molecule has 0 radical (unpaired) electrons. The number of fused-ring (bicyclic) bond motifs is 1. The topological polar surface area (TPSA) is 55.2 Å². The quantitative estimate of drug-likeness (QED) is 0.556. The monoisotopic (exact) mass is 437 g/mol. The minimum Gasteiger partial charge on any atom is -0.333 e. The van der Waals surface area contributed by atoms with Gasteiger partial charge in [0, 0.05) is 12.1 Å². The SMILES string of the molecule is Cc1ccc(-n2c(C(C)N(C)C(=O)C(Cl)Cl)nc3cc(Cl)ccc3c2=O)cc1. The smallest absolute Gasteiger partial charge is 0.266 e. The van der Waals surface area contributed by atoms with Gasteiger partial charge in [0.15, 0.2) is 4.84 Å². The second-order valence-corrected chi connectivity index (χ2v) is 8.07. The molecule has 28 heavy (non-hydrogen) atoms. The van der Waals surface area contributed by atoms with Crippen LogP contribution >= 0.6 is 34.8 Å². The molecule has 1 amide bonds. The van der Waals surface area contributed by atoms with Crippen LogP contribution in [0.2, 0.25) is 5.02 Å². The highest BCUT2D eigenvalue weighted by Gasteiger charge is 2.27. The minimum absolute atomic E-state index is 0.249. The van der Waals surface area contributed by atoms with E-state index in [-0.39, 0.29) is 5.56 Å². The molecule has 0 saturated heterocycles. The summed E-state index contributed by atoms with van der Waals surface area (Å²) in [5.74, 6) is -0.0971. The number of halogens is 3. The summed E-state index contributed by atoms with van der Waals surface area (Å²) >= 11 is 17.6. The number of alkyl halides is 2. The molecule has 0 N–H and O–H groups in total. The van der Waals surface area contributed by atoms with Gasteiger partial charge < -0.3 is 4.90 Å². The molecule has 0 spiro atoms. The van der Waals surface area contributed by atoms with Gasteiger partial charge in [-0.2, -0.15) is 0 Å². The first-order chi connectivity index (χ1) is 13.2. The third kappa shape index (κ3) is 3.88. The maximum absolute atomic E-state index is 13.3. The van der Waals surface area contributed by atoms with E-state index in [4.69, 9.17) is 34.8 Å². The van der Waals surface area contributed by atoms with Crippen molar-refractivity contribution in [3.63, 3.8) is 0 Å². The summed E-state index contributed by atoms with van der Waals surface area (Å²) in [6.45, 7) is 3.72. The van der Waals surface area contributed by atoms with Gasteiger partial charge in [0.1, 0.15) is 5.82 Å². The first-order valence-electron chi connectivity index (χ1n) is 8.54. The van der Waals surface area contributed by atoms with Crippen LogP contribution in [0.4, 0.5) is 0 Å². The van der Waals surface area contributed by atoms with Crippen molar-refractivity contribution in [3.8, 4) is 5.69 Å². The fourth-order valence-corrected chi connectivity index (χ4v) is 3.39. The Balaban J connectivity index is 2.29. The molecule has 1 heterocycles. The summed E-state index contributed by atoms with van der Waals surface area (Å²) in [6, 6.07) is 11.8. The number of rotatable bonds is 4. The van der Waals surface area contributed by atoms with Crippen LogP contribution in [0.25, 0.3) is 16.6 Å². The number of carbonyl (C=O) groups is 1. The zero-order chi connectivity index (χ0) is 20.6. The normalized spacial score (nSPS) is 12.4. The Morgan fingerprint density at radius 1 is 1.14 bits per heavy atom. The van der Waals surface area contributed by atoms with Crippen LogP contribution in [-0.4, -0.2) is 32.2 Å². The third-order valence-electron chi connectivity index (χ3n) is 4.64. The van der Waals surface area contributed by atoms with Crippen molar-refractivity contribution < 1.29 is 4.79 Å². The Kier molecular flexibility index (Phi) is 5.98. The van der Waals surface area contributed by atoms with Crippen LogP contribution in [0, 0.1) is 6.92 Å². The number of hydrogen-bond donors (Lipinski definition) is 0. The zero-order valence-electron chi connectivity index (χ0n) is 15.5. The molecule has 1 aromatic heterocycles. The number of nitrogens with zero attached hydrogens (tertiary/aromatic N) is 3. The van der Waals surface area contributed by atoms with E-state index in [0.717, 1.165) is 5.56 Å². The second kappa shape index (κ2) is 8.11. The molecule has 0 aliphatic carbocycles. The molecule has 0 saturated carbocycles. The van der Waals surface area contributed by atoms with Crippen LogP contribution in [0.1, 0.15) is 24.4 Å². The van der Waals surface area contributed by atoms with Crippen molar-refractivity contribution in [2.75, 3.05) is 7.05 Å². The molecular formula is C20H18Cl3N3O2. The predicted molar refractivity (Wildman–Crippen MR) is 114 cm³/mol. The molecule has 3 aromatic rings. The highest BCUT2D eigenvalue weighted by molar-refractivity contribution is 6.53. The number of carbonyl (C=O) groups excluding carboxylic acids is 1. The standard InChI is InChI=1S/C20H18Cl3N3O2/c1-11-4-7-14(8-5-11)26-18(12(2)25(3)20(28)17(22)23)24-16-10-13(21)6-9-15(16)19(26)27/h4-10,12,17H,1-3H3. The molecule has 3 rings (SSSR count). The van der Waals surface area contributed by atoms with Crippen molar-refractivity contribution in [2.24, 2.45) is 0 Å². The van der Waals surface area contributed by atoms with E-state index in [1.54, 1.807) is 32.2 Å². The Hall–Kier alpha value is -2.08. The molecular weight excluding hydrogens is 421 g/mol. The van der Waals surface area contributed by atoms with Crippen LogP contribution in [-0.2, 0) is 4.79 Å². The van der Waals surface area contributed by atoms with Gasteiger partial charge in [-0.15, -0.1) is 0 Å². The Morgan fingerprint density at radius 3 is 2.39 bits per heavy atom. The van der Waals surface area contributed by atoms with Crippen LogP contribution in [0.15, 0.2) is 47.3 Å². The molecule has 5 nitrogen and oxygen atoms in total. The average molecular weight is 439 g/mol. The van der Waals surface area contributed by atoms with E-state index in [9.17, 15) is 9.59 Å². The molecule has 0 bridgehead atoms. The lowest BCUT2D eigenvalue weighted by Crippen LogP contribution is -2.37. The number of aryl methyl sites for hydroxylation is 1. The van der Waals surface area contributed by atoms with Crippen LogP contribution < -0.4 is 5.56 Å². The molecule has 1 unspecified atom stereocenters. The van der Waals surface area contributed by atoms with E-state index < -0.39 is 16.8 Å². The highest BCUT2D eigenvalue weighted by Crippen LogP contribution is 2.24. The second-order valence-electron chi connectivity index (χ2n) is 6.53. The number of aromatic nitrogens is 2. The minimum atomic E-state index is -1.21. The Morgan fingerprint density at radius 2 is 1.79 bits per heavy atom. The van der Waals surface area contributed by atoms with Gasteiger partial charge in [-0.3, -0.25) is 14.2 Å². The average Bonchev–Trinajstić information content (AvgIpc) is 2.66. The lowest BCUT2D eigenvalue weighted by atomic mass is 10.1. The fourth-order valence-electron chi connectivity index (χ4n) is 2.92. The summed E-state index contributed by atoms with van der Waals surface area (Å²) in [5.41, 5.74) is 1.92. The maximum atomic E-state index is 13.3. The van der Waals surface area contributed by atoms with Gasteiger partial charge >= 0.3 is 0 Å². The molecule has 0 aliphatic heterocycles. The van der Waals surface area contributed by atoms with Gasteiger partial charge in [0.05, 0.1) is 22.6 Å². The summed E-state index contributed by atoms with van der Waals surface area (Å²) in [6.07, 6.45) is 0. The van der Waals surface area contributed by atoms with Crippen LogP contribution in [0.3, 0.4) is 0 Å². The van der Waals surface area contributed by atoms with E-state index in [1.807, 2.05) is 31.2 Å². The summed E-state index contributed by atoms with van der Waals surface area (Å²) in [5, 5.41) is 0.902. The number of amides is 1. The van der Waals surface area contributed by atoms with Gasteiger partial charge in [-0.1, -0.05) is 52.5 Å². The predicted octanol–water partition coefficient (Wildman–Crippen LogP) is 4.67. The molecule has 8 heteroatoms. The van der Waals surface area contributed by atoms with Gasteiger partial charge in [0.25, 0.3) is 11.5 Å². The van der Waals surface area contributed by atoms with Gasteiger partial charge in [-0.25, -0.2) is 4.98 Å². The number of hydrogen-bond acceptors (Lipinski definition) is 3. The zero-order valence-corrected chi connectivity index (χ0v) is 17.8. The van der Waals surface area contributed by atoms with Crippen molar-refractivity contribution in [2.45, 2.75) is 24.7 Å². The summed E-state index contributed by atoms with van der Waals surface area (Å²) in [4.78, 5) is 30.4. The molecule has 0 fully saturated rings. The van der Waals surface area contributed by atoms with Crippen LogP contribution in [0.5, 0.6) is 0 Å². The lowest BCUT2D eigenvalue weighted by molar-refractivity contribution is -0.130. The molecule has 0 aliphatic rings. The highest BCUT2D eigenvalue weighted by atomic mass is 35.5. The fraction of sp³-hybridized carbons (Fsp3) is 0.250. The van der Waals surface area contributed by atoms with E-state index in [2.05, 4.69) is 4.98 Å².